The number of nitrogens with one attached hydrogen (secondary N) is 2. The topological polar surface area (TPSA) is 95.5 Å². The van der Waals surface area contributed by atoms with Crippen molar-refractivity contribution in [2.45, 2.75) is 40.0 Å². The van der Waals surface area contributed by atoms with Gasteiger partial charge in [0, 0.05) is 41.8 Å². The van der Waals surface area contributed by atoms with E-state index in [1.807, 2.05) is 6.92 Å². The number of aliphatic carboxylic acids is 1. The molecule has 0 aromatic heterocycles. The Balaban J connectivity index is 3.84. The van der Waals surface area contributed by atoms with E-state index < -0.39 is 16.8 Å². The summed E-state index contributed by atoms with van der Waals surface area (Å²) in [5.74, 6) is 0.963. The van der Waals surface area contributed by atoms with Gasteiger partial charge in [-0.25, -0.2) is 4.79 Å². The third kappa shape index (κ3) is 11.2. The van der Waals surface area contributed by atoms with Crippen LogP contribution in [-0.4, -0.2) is 45.9 Å². The average molecular weight is 320 g/mol. The number of hydrogen-bond donors (Lipinski definition) is 3. The van der Waals surface area contributed by atoms with Gasteiger partial charge in [0.1, 0.15) is 0 Å². The van der Waals surface area contributed by atoms with Crippen molar-refractivity contribution < 1.29 is 18.9 Å². The first-order valence-electron chi connectivity index (χ1n) is 7.45. The molecule has 0 aromatic carbocycles. The second-order valence-electron chi connectivity index (χ2n) is 5.34. The van der Waals surface area contributed by atoms with Crippen molar-refractivity contribution in [3.8, 4) is 0 Å². The van der Waals surface area contributed by atoms with Crippen LogP contribution in [0.5, 0.6) is 0 Å². The first-order valence-corrected chi connectivity index (χ1v) is 8.94. The van der Waals surface area contributed by atoms with Gasteiger partial charge in [-0.05, 0) is 24.7 Å². The van der Waals surface area contributed by atoms with Gasteiger partial charge in [0.15, 0.2) is 0 Å². The van der Waals surface area contributed by atoms with Gasteiger partial charge in [-0.3, -0.25) is 9.00 Å². The number of carbonyl (C=O) groups is 2. The smallest absolute Gasteiger partial charge is 0.314 e. The molecular formula is C14H28N2O4S. The molecule has 2 atom stereocenters. The lowest BCUT2D eigenvalue weighted by Gasteiger charge is -2.20. The van der Waals surface area contributed by atoms with Crippen LogP contribution >= 0.6 is 0 Å². The molecule has 0 saturated carbocycles. The van der Waals surface area contributed by atoms with E-state index in [0.717, 1.165) is 6.42 Å². The molecular weight excluding hydrogens is 292 g/mol. The fourth-order valence-corrected chi connectivity index (χ4v) is 2.59. The minimum absolute atomic E-state index is 0.165. The molecule has 21 heavy (non-hydrogen) atoms. The standard InChI is InChI=1S/C14H28N2O4S/c1-4-21(20)10-9-16-14(19)15-8-7-12(11(2)3)5-6-13(17)18/h11-12H,4-10H2,1-3H3,(H,17,18)(H2,15,16,19). The van der Waals surface area contributed by atoms with Crippen LogP contribution in [-0.2, 0) is 15.6 Å². The first-order chi connectivity index (χ1) is 9.86. The Morgan fingerprint density at radius 2 is 1.76 bits per heavy atom. The number of hydrogen-bond acceptors (Lipinski definition) is 3. The van der Waals surface area contributed by atoms with Crippen LogP contribution in [0.2, 0.25) is 0 Å². The number of carboxylic acid groups (broad SMARTS) is 1. The van der Waals surface area contributed by atoms with Gasteiger partial charge in [-0.1, -0.05) is 20.8 Å². The van der Waals surface area contributed by atoms with Crippen LogP contribution in [0.4, 0.5) is 4.79 Å². The van der Waals surface area contributed by atoms with Gasteiger partial charge in [-0.2, -0.15) is 0 Å². The highest BCUT2D eigenvalue weighted by molar-refractivity contribution is 7.84. The zero-order valence-electron chi connectivity index (χ0n) is 13.2. The minimum atomic E-state index is -0.868. The quantitative estimate of drug-likeness (QED) is 0.538. The van der Waals surface area contributed by atoms with E-state index in [-0.39, 0.29) is 18.4 Å². The van der Waals surface area contributed by atoms with Crippen LogP contribution in [0.15, 0.2) is 0 Å². The summed E-state index contributed by atoms with van der Waals surface area (Å²) in [7, 11) is -0.868. The lowest BCUT2D eigenvalue weighted by Crippen LogP contribution is -2.38. The third-order valence-electron chi connectivity index (χ3n) is 3.41. The monoisotopic (exact) mass is 320 g/mol. The lowest BCUT2D eigenvalue weighted by molar-refractivity contribution is -0.137. The summed E-state index contributed by atoms with van der Waals surface area (Å²) in [5, 5.41) is 14.1. The summed E-state index contributed by atoms with van der Waals surface area (Å²) in [4.78, 5) is 22.1. The summed E-state index contributed by atoms with van der Waals surface area (Å²) in [6.45, 7) is 6.89. The molecule has 3 N–H and O–H groups in total. The summed E-state index contributed by atoms with van der Waals surface area (Å²) in [5.41, 5.74) is 0. The number of rotatable bonds is 11. The highest BCUT2D eigenvalue weighted by Gasteiger charge is 2.15. The molecule has 0 aromatic rings. The fraction of sp³-hybridized carbons (Fsp3) is 0.857. The molecule has 2 amide bonds. The Morgan fingerprint density at radius 1 is 1.14 bits per heavy atom. The van der Waals surface area contributed by atoms with E-state index in [1.54, 1.807) is 0 Å². The molecule has 0 aliphatic heterocycles. The summed E-state index contributed by atoms with van der Waals surface area (Å²) in [6, 6.07) is -0.260. The second-order valence-corrected chi connectivity index (χ2v) is 7.21. The van der Waals surface area contributed by atoms with Gasteiger partial charge in [0.25, 0.3) is 0 Å². The Bertz CT molecular complexity index is 348. The molecule has 0 aliphatic rings. The van der Waals surface area contributed by atoms with Gasteiger partial charge in [0.05, 0.1) is 0 Å². The number of amides is 2. The number of urea groups is 1. The Kier molecular flexibility index (Phi) is 10.9. The van der Waals surface area contributed by atoms with Crippen molar-refractivity contribution in [3.63, 3.8) is 0 Å². The first kappa shape index (κ1) is 19.9. The molecule has 0 rings (SSSR count). The van der Waals surface area contributed by atoms with Gasteiger partial charge < -0.3 is 15.7 Å². The van der Waals surface area contributed by atoms with E-state index in [1.165, 1.54) is 0 Å². The van der Waals surface area contributed by atoms with Crippen molar-refractivity contribution in [2.75, 3.05) is 24.6 Å². The van der Waals surface area contributed by atoms with Crippen LogP contribution in [0.25, 0.3) is 0 Å². The van der Waals surface area contributed by atoms with Crippen molar-refractivity contribution in [1.82, 2.24) is 10.6 Å². The molecule has 0 fully saturated rings. The fourth-order valence-electron chi connectivity index (χ4n) is 1.98. The van der Waals surface area contributed by atoms with E-state index >= 15 is 0 Å². The Hall–Kier alpha value is -1.11. The van der Waals surface area contributed by atoms with Crippen LogP contribution in [0.3, 0.4) is 0 Å². The molecule has 0 spiro atoms. The van der Waals surface area contributed by atoms with Crippen molar-refractivity contribution >= 4 is 22.8 Å². The van der Waals surface area contributed by atoms with Gasteiger partial charge >= 0.3 is 12.0 Å². The largest absolute Gasteiger partial charge is 0.481 e. The van der Waals surface area contributed by atoms with E-state index in [4.69, 9.17) is 5.11 Å². The maximum Gasteiger partial charge on any atom is 0.314 e. The van der Waals surface area contributed by atoms with E-state index in [9.17, 15) is 13.8 Å². The summed E-state index contributed by atoms with van der Waals surface area (Å²) < 4.78 is 11.2. The molecule has 0 heterocycles. The normalized spacial score (nSPS) is 13.7. The predicted molar refractivity (Wildman–Crippen MR) is 84.8 cm³/mol. The van der Waals surface area contributed by atoms with E-state index in [0.29, 0.717) is 36.9 Å². The molecule has 0 saturated heterocycles. The lowest BCUT2D eigenvalue weighted by atomic mass is 9.88. The maximum atomic E-state index is 11.5. The van der Waals surface area contributed by atoms with Crippen LogP contribution in [0, 0.1) is 11.8 Å². The maximum absolute atomic E-state index is 11.5. The number of carbonyl (C=O) groups excluding carboxylic acids is 1. The molecule has 2 unspecified atom stereocenters. The highest BCUT2D eigenvalue weighted by Crippen LogP contribution is 2.20. The Labute approximate surface area is 129 Å². The van der Waals surface area contributed by atoms with Crippen molar-refractivity contribution in [2.24, 2.45) is 11.8 Å². The molecule has 7 heteroatoms. The average Bonchev–Trinajstić information content (AvgIpc) is 2.41. The van der Waals surface area contributed by atoms with Gasteiger partial charge in [-0.15, -0.1) is 0 Å². The summed E-state index contributed by atoms with van der Waals surface area (Å²) >= 11 is 0. The molecule has 0 bridgehead atoms. The van der Waals surface area contributed by atoms with Gasteiger partial charge in [0.2, 0.25) is 0 Å². The second kappa shape index (κ2) is 11.5. The minimum Gasteiger partial charge on any atom is -0.481 e. The number of carboxylic acids is 1. The van der Waals surface area contributed by atoms with Crippen molar-refractivity contribution in [1.29, 1.82) is 0 Å². The van der Waals surface area contributed by atoms with Crippen LogP contribution < -0.4 is 10.6 Å². The summed E-state index contributed by atoms with van der Waals surface area (Å²) in [6.07, 6.45) is 1.56. The molecule has 0 aliphatic carbocycles. The third-order valence-corrected chi connectivity index (χ3v) is 4.71. The van der Waals surface area contributed by atoms with Crippen molar-refractivity contribution in [3.05, 3.63) is 0 Å². The highest BCUT2D eigenvalue weighted by atomic mass is 32.2. The Morgan fingerprint density at radius 3 is 2.29 bits per heavy atom. The predicted octanol–water partition coefficient (Wildman–Crippen LogP) is 1.58. The zero-order chi connectivity index (χ0) is 16.3. The van der Waals surface area contributed by atoms with E-state index in [2.05, 4.69) is 24.5 Å². The SMILES string of the molecule is CCS(=O)CCNC(=O)NCCC(CCC(=O)O)C(C)C. The zero-order valence-corrected chi connectivity index (χ0v) is 14.0. The van der Waals surface area contributed by atoms with Crippen LogP contribution in [0.1, 0.15) is 40.0 Å². The molecule has 124 valence electrons. The molecule has 0 radical (unpaired) electrons. The molecule has 6 nitrogen and oxygen atoms in total.